The average molecular weight is 283 g/mol. The van der Waals surface area contributed by atoms with Crippen molar-refractivity contribution in [1.29, 1.82) is 0 Å². The Bertz CT molecular complexity index is 623. The highest BCUT2D eigenvalue weighted by molar-refractivity contribution is 7.89. The van der Waals surface area contributed by atoms with E-state index in [0.717, 1.165) is 5.01 Å². The van der Waals surface area contributed by atoms with Crippen LogP contribution in [-0.4, -0.2) is 13.4 Å². The van der Waals surface area contributed by atoms with Gasteiger partial charge in [0.1, 0.15) is 5.01 Å². The fourth-order valence-corrected chi connectivity index (χ4v) is 2.73. The molecule has 0 bridgehead atoms. The summed E-state index contributed by atoms with van der Waals surface area (Å²) in [5.41, 5.74) is 0.698. The van der Waals surface area contributed by atoms with E-state index in [-0.39, 0.29) is 10.9 Å². The molecule has 2 rings (SSSR count). The third-order valence-electron chi connectivity index (χ3n) is 2.37. The molecule has 3 N–H and O–H groups in total. The summed E-state index contributed by atoms with van der Waals surface area (Å²) in [6.07, 6.45) is 1.74. The predicted octanol–water partition coefficient (Wildman–Crippen LogP) is 1.96. The van der Waals surface area contributed by atoms with Gasteiger partial charge >= 0.3 is 0 Å². The van der Waals surface area contributed by atoms with Crippen molar-refractivity contribution < 1.29 is 8.42 Å². The van der Waals surface area contributed by atoms with Crippen LogP contribution in [0.4, 0.5) is 5.69 Å². The van der Waals surface area contributed by atoms with E-state index in [0.29, 0.717) is 5.69 Å². The maximum Gasteiger partial charge on any atom is 0.238 e. The van der Waals surface area contributed by atoms with E-state index in [2.05, 4.69) is 10.3 Å². The van der Waals surface area contributed by atoms with Crippen LogP contribution in [0.3, 0.4) is 0 Å². The van der Waals surface area contributed by atoms with E-state index in [1.165, 1.54) is 12.1 Å². The Morgan fingerprint density at radius 1 is 1.44 bits per heavy atom. The monoisotopic (exact) mass is 283 g/mol. The molecule has 0 aliphatic heterocycles. The minimum absolute atomic E-state index is 0.0146. The molecule has 1 unspecified atom stereocenters. The first-order chi connectivity index (χ1) is 8.47. The molecular formula is C11H13N3O2S2. The third-order valence-corrected chi connectivity index (χ3v) is 4.24. The highest BCUT2D eigenvalue weighted by Crippen LogP contribution is 2.22. The number of hydrogen-bond donors (Lipinski definition) is 2. The second-order valence-electron chi connectivity index (χ2n) is 3.81. The zero-order valence-electron chi connectivity index (χ0n) is 9.70. The van der Waals surface area contributed by atoms with E-state index < -0.39 is 10.0 Å². The maximum atomic E-state index is 11.2. The summed E-state index contributed by atoms with van der Waals surface area (Å²) < 4.78 is 22.5. The lowest BCUT2D eigenvalue weighted by atomic mass is 10.3. The predicted molar refractivity (Wildman–Crippen MR) is 72.0 cm³/mol. The van der Waals surface area contributed by atoms with Crippen LogP contribution in [0.2, 0.25) is 0 Å². The van der Waals surface area contributed by atoms with Crippen molar-refractivity contribution in [2.75, 3.05) is 5.32 Å². The van der Waals surface area contributed by atoms with Crippen LogP contribution < -0.4 is 10.5 Å². The first-order valence-electron chi connectivity index (χ1n) is 5.25. The van der Waals surface area contributed by atoms with Crippen molar-refractivity contribution in [1.82, 2.24) is 4.98 Å². The smallest absolute Gasteiger partial charge is 0.238 e. The Morgan fingerprint density at radius 3 is 2.83 bits per heavy atom. The van der Waals surface area contributed by atoms with E-state index in [4.69, 9.17) is 5.14 Å². The molecule has 1 heterocycles. The number of nitrogens with two attached hydrogens (primary N) is 1. The normalized spacial score (nSPS) is 13.2. The lowest BCUT2D eigenvalue weighted by molar-refractivity contribution is 0.598. The molecule has 5 nitrogen and oxygen atoms in total. The summed E-state index contributed by atoms with van der Waals surface area (Å²) in [7, 11) is -3.67. The summed E-state index contributed by atoms with van der Waals surface area (Å²) in [6, 6.07) is 6.43. The van der Waals surface area contributed by atoms with Crippen LogP contribution in [0, 0.1) is 0 Å². The van der Waals surface area contributed by atoms with E-state index in [9.17, 15) is 8.42 Å². The van der Waals surface area contributed by atoms with Crippen LogP contribution in [0.15, 0.2) is 40.7 Å². The van der Waals surface area contributed by atoms with Gasteiger partial charge in [-0.2, -0.15) is 0 Å². The molecule has 0 saturated heterocycles. The molecule has 2 aromatic rings. The third kappa shape index (κ3) is 3.06. The SMILES string of the molecule is CC(Nc1cccc(S(N)(=O)=O)c1)c1nccs1. The molecule has 0 amide bonds. The van der Waals surface area contributed by atoms with Gasteiger partial charge in [-0.1, -0.05) is 6.07 Å². The van der Waals surface area contributed by atoms with Crippen molar-refractivity contribution in [2.24, 2.45) is 5.14 Å². The molecule has 0 aliphatic rings. The molecule has 96 valence electrons. The number of rotatable bonds is 4. The van der Waals surface area contributed by atoms with Gasteiger partial charge in [-0.05, 0) is 25.1 Å². The zero-order chi connectivity index (χ0) is 13.2. The molecule has 0 aliphatic carbocycles. The molecule has 7 heteroatoms. The highest BCUT2D eigenvalue weighted by atomic mass is 32.2. The molecular weight excluding hydrogens is 270 g/mol. The maximum absolute atomic E-state index is 11.2. The Kier molecular flexibility index (Phi) is 3.65. The number of thiazole rings is 1. The van der Waals surface area contributed by atoms with Crippen LogP contribution in [-0.2, 0) is 10.0 Å². The number of nitrogens with zero attached hydrogens (tertiary/aromatic N) is 1. The van der Waals surface area contributed by atoms with Crippen molar-refractivity contribution in [3.05, 3.63) is 40.8 Å². The summed E-state index contributed by atoms with van der Waals surface area (Å²) >= 11 is 1.54. The quantitative estimate of drug-likeness (QED) is 0.898. The van der Waals surface area contributed by atoms with Gasteiger partial charge in [0.25, 0.3) is 0 Å². The van der Waals surface area contributed by atoms with Crippen molar-refractivity contribution in [3.8, 4) is 0 Å². The summed E-state index contributed by atoms with van der Waals surface area (Å²) in [4.78, 5) is 4.29. The second-order valence-corrected chi connectivity index (χ2v) is 6.30. The average Bonchev–Trinajstić information content (AvgIpc) is 2.81. The fraction of sp³-hybridized carbons (Fsp3) is 0.182. The van der Waals surface area contributed by atoms with Gasteiger partial charge in [0.15, 0.2) is 0 Å². The highest BCUT2D eigenvalue weighted by Gasteiger charge is 2.11. The van der Waals surface area contributed by atoms with E-state index >= 15 is 0 Å². The van der Waals surface area contributed by atoms with Gasteiger partial charge < -0.3 is 5.32 Å². The van der Waals surface area contributed by atoms with Gasteiger partial charge in [-0.25, -0.2) is 18.5 Å². The van der Waals surface area contributed by atoms with Crippen molar-refractivity contribution in [3.63, 3.8) is 0 Å². The van der Waals surface area contributed by atoms with Gasteiger partial charge in [0.05, 0.1) is 10.9 Å². The summed E-state index contributed by atoms with van der Waals surface area (Å²) in [5, 5.41) is 11.1. The Hall–Kier alpha value is -1.44. The topological polar surface area (TPSA) is 85.1 Å². The van der Waals surface area contributed by atoms with Crippen LogP contribution >= 0.6 is 11.3 Å². The minimum atomic E-state index is -3.67. The van der Waals surface area contributed by atoms with Gasteiger partial charge in [-0.3, -0.25) is 0 Å². The van der Waals surface area contributed by atoms with Gasteiger partial charge in [-0.15, -0.1) is 11.3 Å². The summed E-state index contributed by atoms with van der Waals surface area (Å²) in [5.74, 6) is 0. The second kappa shape index (κ2) is 5.05. The number of primary sulfonamides is 1. The first-order valence-corrected chi connectivity index (χ1v) is 7.68. The Balaban J connectivity index is 2.20. The van der Waals surface area contributed by atoms with Gasteiger partial charge in [0.2, 0.25) is 10.0 Å². The first kappa shape index (κ1) is 13.0. The number of anilines is 1. The van der Waals surface area contributed by atoms with Gasteiger partial charge in [0, 0.05) is 17.3 Å². The standard InChI is InChI=1S/C11H13N3O2S2/c1-8(11-13-5-6-17-11)14-9-3-2-4-10(7-9)18(12,15)16/h2-8,14H,1H3,(H2,12,15,16). The molecule has 0 radical (unpaired) electrons. The van der Waals surface area contributed by atoms with E-state index in [1.54, 1.807) is 29.7 Å². The number of benzene rings is 1. The fourth-order valence-electron chi connectivity index (χ4n) is 1.52. The molecule has 1 aromatic carbocycles. The Morgan fingerprint density at radius 2 is 2.22 bits per heavy atom. The lowest BCUT2D eigenvalue weighted by Crippen LogP contribution is -2.13. The molecule has 1 atom stereocenters. The molecule has 18 heavy (non-hydrogen) atoms. The number of hydrogen-bond acceptors (Lipinski definition) is 5. The van der Waals surface area contributed by atoms with Crippen LogP contribution in [0.1, 0.15) is 18.0 Å². The van der Waals surface area contributed by atoms with Crippen molar-refractivity contribution >= 4 is 27.0 Å². The van der Waals surface area contributed by atoms with E-state index in [1.807, 2.05) is 12.3 Å². The number of aromatic nitrogens is 1. The lowest BCUT2D eigenvalue weighted by Gasteiger charge is -2.13. The number of nitrogens with one attached hydrogen (secondary N) is 1. The largest absolute Gasteiger partial charge is 0.376 e. The number of sulfonamides is 1. The Labute approximate surface area is 110 Å². The molecule has 0 fully saturated rings. The molecule has 1 aromatic heterocycles. The molecule has 0 saturated carbocycles. The zero-order valence-corrected chi connectivity index (χ0v) is 11.3. The molecule has 0 spiro atoms. The van der Waals surface area contributed by atoms with Crippen LogP contribution in [0.25, 0.3) is 0 Å². The summed E-state index contributed by atoms with van der Waals surface area (Å²) in [6.45, 7) is 1.96. The van der Waals surface area contributed by atoms with Crippen LogP contribution in [0.5, 0.6) is 0 Å². The minimum Gasteiger partial charge on any atom is -0.376 e. The van der Waals surface area contributed by atoms with Crippen molar-refractivity contribution in [2.45, 2.75) is 17.9 Å².